The summed E-state index contributed by atoms with van der Waals surface area (Å²) >= 11 is 0. The molecule has 0 radical (unpaired) electrons. The predicted octanol–water partition coefficient (Wildman–Crippen LogP) is 3.16. The van der Waals surface area contributed by atoms with Crippen LogP contribution in [0.15, 0.2) is 36.5 Å². The number of hydrogen-bond donors (Lipinski definition) is 1. The zero-order valence-electron chi connectivity index (χ0n) is 14.3. The van der Waals surface area contributed by atoms with Crippen molar-refractivity contribution in [3.63, 3.8) is 0 Å². The van der Waals surface area contributed by atoms with E-state index in [9.17, 15) is 4.79 Å². The SMILES string of the molecule is O=C(c1ccc(N2C=CCC2)cc1)N1CCCC2(CCCCN2)C1. The van der Waals surface area contributed by atoms with Crippen LogP contribution >= 0.6 is 0 Å². The Morgan fingerprint density at radius 1 is 1.04 bits per heavy atom. The van der Waals surface area contributed by atoms with Crippen LogP contribution in [0.2, 0.25) is 0 Å². The van der Waals surface area contributed by atoms with Gasteiger partial charge in [-0.1, -0.05) is 12.5 Å². The minimum Gasteiger partial charge on any atom is -0.348 e. The topological polar surface area (TPSA) is 35.6 Å². The summed E-state index contributed by atoms with van der Waals surface area (Å²) in [7, 11) is 0. The van der Waals surface area contributed by atoms with E-state index in [-0.39, 0.29) is 11.4 Å². The number of likely N-dealkylation sites (tertiary alicyclic amines) is 1. The molecule has 1 atom stereocenters. The van der Waals surface area contributed by atoms with Gasteiger partial charge in [-0.3, -0.25) is 4.79 Å². The fraction of sp³-hybridized carbons (Fsp3) is 0.550. The van der Waals surface area contributed by atoms with Crippen LogP contribution in [0.25, 0.3) is 0 Å². The van der Waals surface area contributed by atoms with E-state index in [0.717, 1.165) is 44.6 Å². The van der Waals surface area contributed by atoms with Crippen molar-refractivity contribution in [1.82, 2.24) is 10.2 Å². The zero-order valence-corrected chi connectivity index (χ0v) is 14.3. The van der Waals surface area contributed by atoms with Crippen molar-refractivity contribution < 1.29 is 4.79 Å². The van der Waals surface area contributed by atoms with Crippen LogP contribution < -0.4 is 10.2 Å². The summed E-state index contributed by atoms with van der Waals surface area (Å²) in [6.07, 6.45) is 11.5. The van der Waals surface area contributed by atoms with Crippen LogP contribution in [0.4, 0.5) is 5.69 Å². The van der Waals surface area contributed by atoms with Gasteiger partial charge in [-0.05, 0) is 62.9 Å². The second kappa shape index (κ2) is 6.60. The highest BCUT2D eigenvalue weighted by Gasteiger charge is 2.37. The average Bonchev–Trinajstić information content (AvgIpc) is 3.17. The first-order chi connectivity index (χ1) is 11.8. The van der Waals surface area contributed by atoms with Gasteiger partial charge in [0.05, 0.1) is 0 Å². The molecule has 4 heteroatoms. The highest BCUT2D eigenvalue weighted by Crippen LogP contribution is 2.30. The molecule has 24 heavy (non-hydrogen) atoms. The molecule has 3 heterocycles. The Bertz CT molecular complexity index is 611. The number of nitrogens with one attached hydrogen (secondary N) is 1. The molecule has 1 unspecified atom stereocenters. The summed E-state index contributed by atoms with van der Waals surface area (Å²) < 4.78 is 0. The fourth-order valence-corrected chi connectivity index (χ4v) is 4.37. The summed E-state index contributed by atoms with van der Waals surface area (Å²) in [4.78, 5) is 17.2. The lowest BCUT2D eigenvalue weighted by molar-refractivity contribution is 0.0555. The Balaban J connectivity index is 1.45. The first-order valence-electron chi connectivity index (χ1n) is 9.34. The Kier molecular flexibility index (Phi) is 4.31. The second-order valence-corrected chi connectivity index (χ2v) is 7.41. The maximum Gasteiger partial charge on any atom is 0.253 e. The Labute approximate surface area is 144 Å². The smallest absolute Gasteiger partial charge is 0.253 e. The fourth-order valence-electron chi connectivity index (χ4n) is 4.37. The van der Waals surface area contributed by atoms with E-state index >= 15 is 0 Å². The summed E-state index contributed by atoms with van der Waals surface area (Å²) in [6, 6.07) is 8.11. The number of amides is 1. The molecule has 0 aliphatic carbocycles. The molecule has 2 saturated heterocycles. The molecule has 0 bridgehead atoms. The van der Waals surface area contributed by atoms with Gasteiger partial charge >= 0.3 is 0 Å². The van der Waals surface area contributed by atoms with Crippen molar-refractivity contribution in [3.05, 3.63) is 42.1 Å². The molecular formula is C20H27N3O. The third-order valence-electron chi connectivity index (χ3n) is 5.71. The zero-order chi connectivity index (χ0) is 16.4. The van der Waals surface area contributed by atoms with Gasteiger partial charge < -0.3 is 15.1 Å². The van der Waals surface area contributed by atoms with E-state index < -0.39 is 0 Å². The number of hydrogen-bond acceptors (Lipinski definition) is 3. The molecule has 2 fully saturated rings. The van der Waals surface area contributed by atoms with Crippen LogP contribution in [0.1, 0.15) is 48.9 Å². The lowest BCUT2D eigenvalue weighted by Gasteiger charge is -2.46. The number of nitrogens with zero attached hydrogens (tertiary/aromatic N) is 2. The third-order valence-corrected chi connectivity index (χ3v) is 5.71. The van der Waals surface area contributed by atoms with Crippen molar-refractivity contribution in [2.24, 2.45) is 0 Å². The van der Waals surface area contributed by atoms with E-state index in [4.69, 9.17) is 0 Å². The number of carbonyl (C=O) groups excluding carboxylic acids is 1. The molecule has 1 amide bonds. The van der Waals surface area contributed by atoms with Gasteiger partial charge in [0.2, 0.25) is 0 Å². The maximum atomic E-state index is 12.9. The predicted molar refractivity (Wildman–Crippen MR) is 97.3 cm³/mol. The van der Waals surface area contributed by atoms with Crippen LogP contribution in [-0.4, -0.2) is 42.5 Å². The highest BCUT2D eigenvalue weighted by molar-refractivity contribution is 5.94. The van der Waals surface area contributed by atoms with Crippen molar-refractivity contribution >= 4 is 11.6 Å². The van der Waals surface area contributed by atoms with Gasteiger partial charge in [0, 0.05) is 42.6 Å². The lowest BCUT2D eigenvalue weighted by Crippen LogP contribution is -2.59. The summed E-state index contributed by atoms with van der Waals surface area (Å²) in [5.74, 6) is 0.185. The maximum absolute atomic E-state index is 12.9. The molecule has 3 aliphatic heterocycles. The summed E-state index contributed by atoms with van der Waals surface area (Å²) in [5.41, 5.74) is 2.16. The van der Waals surface area contributed by atoms with Crippen LogP contribution in [0.3, 0.4) is 0 Å². The summed E-state index contributed by atoms with van der Waals surface area (Å²) in [6.45, 7) is 3.88. The van der Waals surface area contributed by atoms with Crippen molar-refractivity contribution in [2.45, 2.75) is 44.1 Å². The minimum absolute atomic E-state index is 0.173. The highest BCUT2D eigenvalue weighted by atomic mass is 16.2. The Hall–Kier alpha value is -1.81. The van der Waals surface area contributed by atoms with Crippen molar-refractivity contribution in [2.75, 3.05) is 31.1 Å². The van der Waals surface area contributed by atoms with Gasteiger partial charge in [-0.25, -0.2) is 0 Å². The van der Waals surface area contributed by atoms with Gasteiger partial charge in [0.15, 0.2) is 0 Å². The Morgan fingerprint density at radius 2 is 1.88 bits per heavy atom. The van der Waals surface area contributed by atoms with Gasteiger partial charge in [-0.2, -0.15) is 0 Å². The first kappa shape index (κ1) is 15.7. The van der Waals surface area contributed by atoms with E-state index in [1.807, 2.05) is 12.1 Å². The molecular weight excluding hydrogens is 298 g/mol. The number of anilines is 1. The quantitative estimate of drug-likeness (QED) is 0.907. The van der Waals surface area contributed by atoms with E-state index in [2.05, 4.69) is 39.5 Å². The normalized spacial score (nSPS) is 27.0. The van der Waals surface area contributed by atoms with E-state index in [0.29, 0.717) is 0 Å². The number of benzene rings is 1. The standard InChI is InChI=1S/C20H27N3O/c24-19(17-6-8-18(9-7-17)22-13-3-4-14-22)23-15-5-11-20(16-23)10-1-2-12-21-20/h3,6-9,13,21H,1-2,4-5,10-12,14-16H2. The number of rotatable bonds is 2. The number of piperidine rings is 2. The first-order valence-corrected chi connectivity index (χ1v) is 9.34. The molecule has 4 rings (SSSR count). The third kappa shape index (κ3) is 3.07. The van der Waals surface area contributed by atoms with Crippen LogP contribution in [0.5, 0.6) is 0 Å². The number of carbonyl (C=O) groups is 1. The van der Waals surface area contributed by atoms with Crippen molar-refractivity contribution in [3.8, 4) is 0 Å². The van der Waals surface area contributed by atoms with Crippen LogP contribution in [0, 0.1) is 0 Å². The molecule has 1 aromatic carbocycles. The molecule has 128 valence electrons. The molecule has 4 nitrogen and oxygen atoms in total. The second-order valence-electron chi connectivity index (χ2n) is 7.41. The summed E-state index contributed by atoms with van der Waals surface area (Å²) in [5, 5.41) is 3.71. The largest absolute Gasteiger partial charge is 0.348 e. The van der Waals surface area contributed by atoms with Crippen LogP contribution in [-0.2, 0) is 0 Å². The lowest BCUT2D eigenvalue weighted by atomic mass is 9.81. The minimum atomic E-state index is 0.173. The van der Waals surface area contributed by atoms with Gasteiger partial charge in [0.1, 0.15) is 0 Å². The average molecular weight is 325 g/mol. The van der Waals surface area contributed by atoms with E-state index in [1.165, 1.54) is 31.4 Å². The Morgan fingerprint density at radius 3 is 2.58 bits per heavy atom. The molecule has 1 N–H and O–H groups in total. The molecule has 3 aliphatic rings. The molecule has 0 aromatic heterocycles. The monoisotopic (exact) mass is 325 g/mol. The van der Waals surface area contributed by atoms with Gasteiger partial charge in [0.25, 0.3) is 5.91 Å². The van der Waals surface area contributed by atoms with Crippen molar-refractivity contribution in [1.29, 1.82) is 0 Å². The van der Waals surface area contributed by atoms with E-state index in [1.54, 1.807) is 0 Å². The molecule has 1 spiro atoms. The van der Waals surface area contributed by atoms with Gasteiger partial charge in [-0.15, -0.1) is 0 Å². The molecule has 0 saturated carbocycles. The molecule has 1 aromatic rings.